The molecule has 1 amide bonds. The summed E-state index contributed by atoms with van der Waals surface area (Å²) in [6, 6.07) is 12.0. The predicted octanol–water partition coefficient (Wildman–Crippen LogP) is 3.39. The average Bonchev–Trinajstić information content (AvgIpc) is 2.84. The van der Waals surface area contributed by atoms with Crippen LogP contribution in [-0.2, 0) is 14.8 Å². The monoisotopic (exact) mass is 516 g/mol. The van der Waals surface area contributed by atoms with Crippen LogP contribution in [0, 0.1) is 11.8 Å². The highest BCUT2D eigenvalue weighted by Crippen LogP contribution is 2.37. The van der Waals surface area contributed by atoms with Gasteiger partial charge >= 0.3 is 0 Å². The first kappa shape index (κ1) is 26.4. The van der Waals surface area contributed by atoms with Gasteiger partial charge in [-0.15, -0.1) is 0 Å². The third-order valence-electron chi connectivity index (χ3n) is 7.35. The topological polar surface area (TPSA) is 96.4 Å². The zero-order chi connectivity index (χ0) is 26.0. The highest BCUT2D eigenvalue weighted by Gasteiger charge is 2.39. The van der Waals surface area contributed by atoms with Gasteiger partial charge < -0.3 is 19.5 Å². The van der Waals surface area contributed by atoms with Crippen molar-refractivity contribution in [2.75, 3.05) is 33.9 Å². The quantitative estimate of drug-likeness (QED) is 0.606. The van der Waals surface area contributed by atoms with Gasteiger partial charge in [-0.3, -0.25) is 4.79 Å². The first-order valence-electron chi connectivity index (χ1n) is 12.5. The fourth-order valence-corrected chi connectivity index (χ4v) is 6.58. The summed E-state index contributed by atoms with van der Waals surface area (Å²) in [6.45, 7) is 3.85. The van der Waals surface area contributed by atoms with E-state index in [0.29, 0.717) is 12.3 Å². The summed E-state index contributed by atoms with van der Waals surface area (Å²) in [5.41, 5.74) is 1.65. The van der Waals surface area contributed by atoms with Gasteiger partial charge in [0.2, 0.25) is 15.9 Å². The van der Waals surface area contributed by atoms with E-state index in [0.717, 1.165) is 30.4 Å². The van der Waals surface area contributed by atoms with Crippen molar-refractivity contribution >= 4 is 15.9 Å². The number of sulfonamides is 1. The second kappa shape index (κ2) is 10.8. The summed E-state index contributed by atoms with van der Waals surface area (Å²) in [7, 11) is -0.550. The van der Waals surface area contributed by atoms with Crippen molar-refractivity contribution in [3.8, 4) is 22.6 Å². The molecule has 1 fully saturated rings. The molecule has 2 aliphatic rings. The predicted molar refractivity (Wildman–Crippen MR) is 137 cm³/mol. The van der Waals surface area contributed by atoms with Crippen molar-refractivity contribution < 1.29 is 27.8 Å². The number of carbonyl (C=O) groups is 1. The standard InChI is InChI=1S/C27H36N2O6S/c1-18-15-29(19(2)17-30)36(32,33)26-12-11-22(21-9-6-10-23(13-21)34-4)14-24(26)35-25(18)16-28(3)27(31)20-7-5-8-20/h6,9-14,18-20,25,30H,5,7-8,15-17H2,1-4H3/t18-,19+,25-/m1/s1. The second-order valence-corrected chi connectivity index (χ2v) is 11.8. The molecule has 1 N–H and O–H groups in total. The van der Waals surface area contributed by atoms with Gasteiger partial charge in [-0.1, -0.05) is 31.5 Å². The lowest BCUT2D eigenvalue weighted by molar-refractivity contribution is -0.138. The van der Waals surface area contributed by atoms with E-state index in [9.17, 15) is 18.3 Å². The number of aliphatic hydroxyl groups is 1. The van der Waals surface area contributed by atoms with E-state index in [-0.39, 0.29) is 41.5 Å². The Hall–Kier alpha value is -2.62. The Kier molecular flexibility index (Phi) is 7.92. The summed E-state index contributed by atoms with van der Waals surface area (Å²) in [4.78, 5) is 14.6. The third kappa shape index (κ3) is 5.23. The number of carbonyl (C=O) groups excluding carboxylic acids is 1. The maximum atomic E-state index is 13.7. The van der Waals surface area contributed by atoms with Crippen LogP contribution >= 0.6 is 0 Å². The van der Waals surface area contributed by atoms with Crippen LogP contribution in [-0.4, -0.2) is 74.6 Å². The molecule has 0 aromatic heterocycles. The normalized spacial score (nSPS) is 22.8. The van der Waals surface area contributed by atoms with Crippen molar-refractivity contribution in [3.05, 3.63) is 42.5 Å². The number of methoxy groups -OCH3 is 1. The van der Waals surface area contributed by atoms with E-state index >= 15 is 0 Å². The van der Waals surface area contributed by atoms with Gasteiger partial charge in [0.1, 0.15) is 22.5 Å². The molecular weight excluding hydrogens is 480 g/mol. The van der Waals surface area contributed by atoms with Crippen LogP contribution in [0.5, 0.6) is 11.5 Å². The second-order valence-electron chi connectivity index (χ2n) is 9.98. The van der Waals surface area contributed by atoms with E-state index in [1.54, 1.807) is 44.2 Å². The minimum absolute atomic E-state index is 0.0549. The Labute approximate surface area is 213 Å². The number of ether oxygens (including phenoxy) is 2. The van der Waals surface area contributed by atoms with Gasteiger partial charge in [0, 0.05) is 31.5 Å². The average molecular weight is 517 g/mol. The molecular formula is C27H36N2O6S. The van der Waals surface area contributed by atoms with Crippen molar-refractivity contribution in [1.29, 1.82) is 0 Å². The van der Waals surface area contributed by atoms with Crippen molar-refractivity contribution in [2.24, 2.45) is 11.8 Å². The van der Waals surface area contributed by atoms with Gasteiger partial charge in [0.15, 0.2) is 0 Å². The Bertz CT molecular complexity index is 1200. The molecule has 4 rings (SSSR count). The molecule has 0 unspecified atom stereocenters. The molecule has 196 valence electrons. The fraction of sp³-hybridized carbons (Fsp3) is 0.519. The maximum absolute atomic E-state index is 13.7. The summed E-state index contributed by atoms with van der Waals surface area (Å²) in [6.07, 6.45) is 2.48. The minimum Gasteiger partial charge on any atom is -0.497 e. The van der Waals surface area contributed by atoms with Crippen LogP contribution in [0.4, 0.5) is 0 Å². The maximum Gasteiger partial charge on any atom is 0.247 e. The summed E-state index contributed by atoms with van der Waals surface area (Å²) in [5, 5.41) is 9.83. The highest BCUT2D eigenvalue weighted by molar-refractivity contribution is 7.89. The first-order chi connectivity index (χ1) is 17.1. The molecule has 36 heavy (non-hydrogen) atoms. The zero-order valence-electron chi connectivity index (χ0n) is 21.4. The van der Waals surface area contributed by atoms with E-state index in [1.165, 1.54) is 4.31 Å². The Morgan fingerprint density at radius 3 is 2.58 bits per heavy atom. The number of fused-ring (bicyclic) bond motifs is 1. The van der Waals surface area contributed by atoms with Gasteiger partial charge in [-0.2, -0.15) is 4.31 Å². The lowest BCUT2D eigenvalue weighted by atomic mass is 9.84. The van der Waals surface area contributed by atoms with E-state index < -0.39 is 22.2 Å². The smallest absolute Gasteiger partial charge is 0.247 e. The van der Waals surface area contributed by atoms with Crippen LogP contribution in [0.2, 0.25) is 0 Å². The van der Waals surface area contributed by atoms with E-state index in [4.69, 9.17) is 9.47 Å². The summed E-state index contributed by atoms with van der Waals surface area (Å²) >= 11 is 0. The fourth-order valence-electron chi connectivity index (χ4n) is 4.75. The first-order valence-corrected chi connectivity index (χ1v) is 13.9. The van der Waals surface area contributed by atoms with Crippen LogP contribution in [0.15, 0.2) is 47.4 Å². The zero-order valence-corrected chi connectivity index (χ0v) is 22.2. The number of nitrogens with zero attached hydrogens (tertiary/aromatic N) is 2. The van der Waals surface area contributed by atoms with Crippen LogP contribution in [0.1, 0.15) is 33.1 Å². The van der Waals surface area contributed by atoms with Crippen LogP contribution in [0.3, 0.4) is 0 Å². The molecule has 1 saturated carbocycles. The van der Waals surface area contributed by atoms with E-state index in [1.807, 2.05) is 31.2 Å². The van der Waals surface area contributed by atoms with Crippen LogP contribution in [0.25, 0.3) is 11.1 Å². The van der Waals surface area contributed by atoms with Crippen molar-refractivity contribution in [3.63, 3.8) is 0 Å². The van der Waals surface area contributed by atoms with Gasteiger partial charge in [0.25, 0.3) is 0 Å². The van der Waals surface area contributed by atoms with E-state index in [2.05, 4.69) is 0 Å². The van der Waals surface area contributed by atoms with Crippen molar-refractivity contribution in [1.82, 2.24) is 9.21 Å². The van der Waals surface area contributed by atoms with Gasteiger partial charge in [-0.05, 0) is 55.2 Å². The molecule has 0 radical (unpaired) electrons. The highest BCUT2D eigenvalue weighted by atomic mass is 32.2. The molecule has 0 bridgehead atoms. The number of amides is 1. The number of benzene rings is 2. The Morgan fingerprint density at radius 2 is 1.94 bits per heavy atom. The number of hydrogen-bond acceptors (Lipinski definition) is 6. The lowest BCUT2D eigenvalue weighted by Gasteiger charge is -2.38. The molecule has 2 aromatic rings. The van der Waals surface area contributed by atoms with Gasteiger partial charge in [0.05, 0.1) is 20.3 Å². The summed E-state index contributed by atoms with van der Waals surface area (Å²) < 4.78 is 40.5. The number of likely N-dealkylation sites (N-methyl/N-ethyl adjacent to an activating group) is 1. The third-order valence-corrected chi connectivity index (χ3v) is 9.37. The number of rotatable bonds is 7. The molecule has 1 heterocycles. The molecule has 3 atom stereocenters. The SMILES string of the molecule is COc1cccc(-c2ccc3c(c2)O[C@H](CN(C)C(=O)C2CCC2)[C@H](C)CN([C@@H](C)CO)S3(=O)=O)c1. The van der Waals surface area contributed by atoms with Gasteiger partial charge in [-0.25, -0.2) is 8.42 Å². The molecule has 1 aliphatic carbocycles. The lowest BCUT2D eigenvalue weighted by Crippen LogP contribution is -2.50. The molecule has 0 spiro atoms. The van der Waals surface area contributed by atoms with Crippen LogP contribution < -0.4 is 9.47 Å². The molecule has 1 aliphatic heterocycles. The Balaban J connectivity index is 1.75. The molecule has 0 saturated heterocycles. The molecule has 8 nitrogen and oxygen atoms in total. The van der Waals surface area contributed by atoms with Crippen molar-refractivity contribution in [2.45, 2.75) is 50.2 Å². The Morgan fingerprint density at radius 1 is 1.22 bits per heavy atom. The molecule has 2 aromatic carbocycles. The number of hydrogen-bond donors (Lipinski definition) is 1. The minimum atomic E-state index is -3.93. The molecule has 9 heteroatoms. The summed E-state index contributed by atoms with van der Waals surface area (Å²) in [5.74, 6) is 0.888. The number of aliphatic hydroxyl groups excluding tert-OH is 1. The largest absolute Gasteiger partial charge is 0.497 e.